The number of methoxy groups -OCH3 is 2. The van der Waals surface area contributed by atoms with E-state index in [2.05, 4.69) is 4.72 Å². The molecule has 0 amide bonds. The van der Waals surface area contributed by atoms with Crippen LogP contribution in [0.15, 0.2) is 47.4 Å². The Bertz CT molecular complexity index is 808. The maximum atomic E-state index is 12.5. The van der Waals surface area contributed by atoms with Crippen molar-refractivity contribution >= 4 is 21.6 Å². The molecule has 25 heavy (non-hydrogen) atoms. The summed E-state index contributed by atoms with van der Waals surface area (Å²) in [5.41, 5.74) is 0. The Morgan fingerprint density at radius 1 is 1.04 bits per heavy atom. The van der Waals surface area contributed by atoms with Crippen LogP contribution in [-0.4, -0.2) is 35.3 Å². The molecule has 2 rings (SSSR count). The Labute approximate surface area is 152 Å². The van der Waals surface area contributed by atoms with Crippen molar-refractivity contribution in [1.82, 2.24) is 4.72 Å². The monoisotopic (exact) mass is 385 g/mol. The molecule has 0 saturated heterocycles. The minimum absolute atomic E-state index is 0.0150. The van der Waals surface area contributed by atoms with E-state index >= 15 is 0 Å². The molecule has 0 bridgehead atoms. The zero-order valence-electron chi connectivity index (χ0n) is 14.2. The van der Waals surface area contributed by atoms with Gasteiger partial charge < -0.3 is 14.2 Å². The first-order valence-corrected chi connectivity index (χ1v) is 9.34. The predicted octanol–water partition coefficient (Wildman–Crippen LogP) is 3.10. The number of halogens is 1. The Balaban J connectivity index is 2.03. The average Bonchev–Trinajstić information content (AvgIpc) is 2.60. The first-order chi connectivity index (χ1) is 11.9. The molecule has 1 N–H and O–H groups in total. The second kappa shape index (κ2) is 8.42. The second-order valence-electron chi connectivity index (χ2n) is 5.30. The molecule has 0 saturated carbocycles. The first-order valence-electron chi connectivity index (χ1n) is 7.48. The second-order valence-corrected chi connectivity index (χ2v) is 7.42. The van der Waals surface area contributed by atoms with Crippen molar-refractivity contribution in [3.63, 3.8) is 0 Å². The molecule has 0 spiro atoms. The average molecular weight is 386 g/mol. The van der Waals surface area contributed by atoms with E-state index in [1.54, 1.807) is 44.4 Å². The van der Waals surface area contributed by atoms with Gasteiger partial charge in [-0.3, -0.25) is 0 Å². The Hall–Kier alpha value is -1.96. The van der Waals surface area contributed by atoms with Crippen molar-refractivity contribution in [2.75, 3.05) is 20.8 Å². The highest BCUT2D eigenvalue weighted by Gasteiger charge is 2.22. The number of ether oxygens (including phenoxy) is 3. The Morgan fingerprint density at radius 3 is 2.28 bits per heavy atom. The van der Waals surface area contributed by atoms with E-state index in [0.717, 1.165) is 0 Å². The van der Waals surface area contributed by atoms with Crippen molar-refractivity contribution in [1.29, 1.82) is 0 Å². The van der Waals surface area contributed by atoms with Crippen LogP contribution in [0.5, 0.6) is 17.2 Å². The van der Waals surface area contributed by atoms with Gasteiger partial charge in [-0.1, -0.05) is 11.6 Å². The van der Waals surface area contributed by atoms with Gasteiger partial charge >= 0.3 is 0 Å². The van der Waals surface area contributed by atoms with E-state index in [9.17, 15) is 8.42 Å². The van der Waals surface area contributed by atoms with Gasteiger partial charge in [0.25, 0.3) is 0 Å². The van der Waals surface area contributed by atoms with Crippen LogP contribution in [-0.2, 0) is 10.0 Å². The van der Waals surface area contributed by atoms with Crippen LogP contribution in [0, 0.1) is 0 Å². The molecule has 0 heterocycles. The standard InChI is InChI=1S/C17H20ClNO5S/c1-12(11-24-15-7-5-14(22-2)6-8-15)19-25(20,21)17-10-13(18)4-9-16(17)23-3/h4-10,12,19H,11H2,1-3H3/t12-/m0/s1. The van der Waals surface area contributed by atoms with Gasteiger partial charge in [0, 0.05) is 5.02 Å². The lowest BCUT2D eigenvalue weighted by atomic mass is 10.3. The van der Waals surface area contributed by atoms with Gasteiger partial charge in [0.1, 0.15) is 28.8 Å². The number of nitrogens with one attached hydrogen (secondary N) is 1. The molecule has 0 fully saturated rings. The number of sulfonamides is 1. The lowest BCUT2D eigenvalue weighted by Gasteiger charge is -2.17. The zero-order valence-corrected chi connectivity index (χ0v) is 15.7. The smallest absolute Gasteiger partial charge is 0.244 e. The highest BCUT2D eigenvalue weighted by atomic mass is 35.5. The maximum Gasteiger partial charge on any atom is 0.244 e. The van der Waals surface area contributed by atoms with E-state index in [-0.39, 0.29) is 17.3 Å². The topological polar surface area (TPSA) is 73.9 Å². The molecule has 2 aromatic carbocycles. The van der Waals surface area contributed by atoms with Gasteiger partial charge in [0.15, 0.2) is 0 Å². The van der Waals surface area contributed by atoms with Crippen molar-refractivity contribution in [2.45, 2.75) is 17.9 Å². The molecule has 0 aliphatic carbocycles. The fourth-order valence-electron chi connectivity index (χ4n) is 2.12. The number of benzene rings is 2. The molecule has 8 heteroatoms. The highest BCUT2D eigenvalue weighted by Crippen LogP contribution is 2.27. The minimum atomic E-state index is -3.80. The summed E-state index contributed by atoms with van der Waals surface area (Å²) in [6.45, 7) is 1.87. The predicted molar refractivity (Wildman–Crippen MR) is 96.3 cm³/mol. The third kappa shape index (κ3) is 5.26. The molecule has 136 valence electrons. The summed E-state index contributed by atoms with van der Waals surface area (Å²) in [5, 5.41) is 0.309. The molecule has 1 atom stereocenters. The maximum absolute atomic E-state index is 12.5. The van der Waals surface area contributed by atoms with Crippen LogP contribution in [0.25, 0.3) is 0 Å². The van der Waals surface area contributed by atoms with Crippen LogP contribution in [0.2, 0.25) is 5.02 Å². The summed E-state index contributed by atoms with van der Waals surface area (Å²) in [7, 11) is -0.818. The Morgan fingerprint density at radius 2 is 1.68 bits per heavy atom. The van der Waals surface area contributed by atoms with Crippen molar-refractivity contribution < 1.29 is 22.6 Å². The minimum Gasteiger partial charge on any atom is -0.497 e. The largest absolute Gasteiger partial charge is 0.497 e. The SMILES string of the molecule is COc1ccc(OC[C@H](C)NS(=O)(=O)c2cc(Cl)ccc2OC)cc1. The van der Waals surface area contributed by atoms with Gasteiger partial charge in [0.2, 0.25) is 10.0 Å². The summed E-state index contributed by atoms with van der Waals surface area (Å²) in [6, 6.07) is 11.0. The molecule has 0 unspecified atom stereocenters. The van der Waals surface area contributed by atoms with E-state index in [0.29, 0.717) is 16.5 Å². The number of hydrogen-bond acceptors (Lipinski definition) is 5. The van der Waals surface area contributed by atoms with E-state index in [1.165, 1.54) is 19.2 Å². The zero-order chi connectivity index (χ0) is 18.4. The first kappa shape index (κ1) is 19.4. The molecule has 6 nitrogen and oxygen atoms in total. The number of rotatable bonds is 8. The summed E-state index contributed by atoms with van der Waals surface area (Å²) >= 11 is 5.90. The third-order valence-corrected chi connectivity index (χ3v) is 5.18. The fraction of sp³-hybridized carbons (Fsp3) is 0.294. The van der Waals surface area contributed by atoms with E-state index in [4.69, 9.17) is 25.8 Å². The number of hydrogen-bond donors (Lipinski definition) is 1. The normalized spacial score (nSPS) is 12.5. The van der Waals surface area contributed by atoms with Crippen molar-refractivity contribution in [3.8, 4) is 17.2 Å². The van der Waals surface area contributed by atoms with Crippen LogP contribution in [0.4, 0.5) is 0 Å². The molecular weight excluding hydrogens is 366 g/mol. The molecule has 0 radical (unpaired) electrons. The molecular formula is C17H20ClNO5S. The lowest BCUT2D eigenvalue weighted by Crippen LogP contribution is -2.36. The molecule has 0 aliphatic heterocycles. The van der Waals surface area contributed by atoms with Gasteiger partial charge in [-0.2, -0.15) is 0 Å². The summed E-state index contributed by atoms with van der Waals surface area (Å²) in [4.78, 5) is -0.0150. The molecule has 2 aromatic rings. The van der Waals surface area contributed by atoms with E-state index < -0.39 is 16.1 Å². The Kier molecular flexibility index (Phi) is 6.52. The highest BCUT2D eigenvalue weighted by molar-refractivity contribution is 7.89. The summed E-state index contributed by atoms with van der Waals surface area (Å²) < 4.78 is 43.4. The van der Waals surface area contributed by atoms with Crippen LogP contribution >= 0.6 is 11.6 Å². The van der Waals surface area contributed by atoms with Gasteiger partial charge in [-0.25, -0.2) is 13.1 Å². The van der Waals surface area contributed by atoms with Gasteiger partial charge in [-0.15, -0.1) is 0 Å². The van der Waals surface area contributed by atoms with Crippen LogP contribution in [0.3, 0.4) is 0 Å². The van der Waals surface area contributed by atoms with E-state index in [1.807, 2.05) is 0 Å². The molecule has 0 aromatic heterocycles. The quantitative estimate of drug-likeness (QED) is 0.755. The van der Waals surface area contributed by atoms with Gasteiger partial charge in [0.05, 0.1) is 20.3 Å². The van der Waals surface area contributed by atoms with Crippen LogP contribution < -0.4 is 18.9 Å². The summed E-state index contributed by atoms with van der Waals surface area (Å²) in [6.07, 6.45) is 0. The van der Waals surface area contributed by atoms with Crippen LogP contribution in [0.1, 0.15) is 6.92 Å². The van der Waals surface area contributed by atoms with Crippen molar-refractivity contribution in [2.24, 2.45) is 0 Å². The fourth-order valence-corrected chi connectivity index (χ4v) is 3.78. The van der Waals surface area contributed by atoms with Gasteiger partial charge in [-0.05, 0) is 49.4 Å². The summed E-state index contributed by atoms with van der Waals surface area (Å²) in [5.74, 6) is 1.56. The lowest BCUT2D eigenvalue weighted by molar-refractivity contribution is 0.287. The molecule has 0 aliphatic rings. The van der Waals surface area contributed by atoms with Crippen molar-refractivity contribution in [3.05, 3.63) is 47.5 Å². The third-order valence-electron chi connectivity index (χ3n) is 3.33.